The number of benzene rings is 1. The summed E-state index contributed by atoms with van der Waals surface area (Å²) in [6, 6.07) is 4.59. The number of hydrogen-bond acceptors (Lipinski definition) is 3. The summed E-state index contributed by atoms with van der Waals surface area (Å²) in [5, 5.41) is 3.11. The van der Waals surface area contributed by atoms with Gasteiger partial charge in [-0.3, -0.25) is 4.79 Å². The van der Waals surface area contributed by atoms with Gasteiger partial charge in [-0.05, 0) is 62.6 Å². The van der Waals surface area contributed by atoms with Gasteiger partial charge in [0.05, 0.1) is 5.02 Å². The molecule has 0 spiro atoms. The molecule has 2 unspecified atom stereocenters. The Labute approximate surface area is 154 Å². The molecule has 138 valence electrons. The first-order chi connectivity index (χ1) is 11.8. The molecule has 0 aromatic heterocycles. The number of carbonyl (C=O) groups excluding carboxylic acids is 1. The summed E-state index contributed by atoms with van der Waals surface area (Å²) in [7, 11) is -3.69. The van der Waals surface area contributed by atoms with Crippen LogP contribution in [0.1, 0.15) is 49.9 Å². The molecule has 1 saturated carbocycles. The molecule has 25 heavy (non-hydrogen) atoms. The van der Waals surface area contributed by atoms with Crippen molar-refractivity contribution in [1.82, 2.24) is 9.62 Å². The lowest BCUT2D eigenvalue weighted by Gasteiger charge is -2.30. The second kappa shape index (κ2) is 7.25. The van der Waals surface area contributed by atoms with Crippen molar-refractivity contribution in [2.75, 3.05) is 13.1 Å². The van der Waals surface area contributed by atoms with E-state index in [1.54, 1.807) is 6.07 Å². The first kappa shape index (κ1) is 18.7. The Morgan fingerprint density at radius 2 is 2.04 bits per heavy atom. The average Bonchev–Trinajstić information content (AvgIpc) is 3.40. The van der Waals surface area contributed by atoms with E-state index in [0.717, 1.165) is 25.7 Å². The minimum atomic E-state index is -3.69. The van der Waals surface area contributed by atoms with Gasteiger partial charge in [0.2, 0.25) is 10.0 Å². The van der Waals surface area contributed by atoms with Crippen molar-refractivity contribution in [3.05, 3.63) is 28.8 Å². The smallest absolute Gasteiger partial charge is 0.251 e. The quantitative estimate of drug-likeness (QED) is 0.847. The van der Waals surface area contributed by atoms with E-state index in [9.17, 15) is 13.2 Å². The lowest BCUT2D eigenvalue weighted by atomic mass is 10.0. The van der Waals surface area contributed by atoms with Crippen LogP contribution in [0.15, 0.2) is 23.1 Å². The molecule has 7 heteroatoms. The van der Waals surface area contributed by atoms with E-state index in [1.165, 1.54) is 16.4 Å². The van der Waals surface area contributed by atoms with Crippen LogP contribution in [0, 0.1) is 11.8 Å². The third-order valence-corrected chi connectivity index (χ3v) is 7.47. The van der Waals surface area contributed by atoms with Gasteiger partial charge < -0.3 is 5.32 Å². The van der Waals surface area contributed by atoms with Gasteiger partial charge in [-0.15, -0.1) is 0 Å². The van der Waals surface area contributed by atoms with Gasteiger partial charge in [0.25, 0.3) is 5.91 Å². The molecule has 2 aliphatic rings. The topological polar surface area (TPSA) is 66.5 Å². The number of hydrogen-bond donors (Lipinski definition) is 1. The maximum atomic E-state index is 13.0. The Morgan fingerprint density at radius 1 is 1.32 bits per heavy atom. The highest BCUT2D eigenvalue weighted by molar-refractivity contribution is 7.89. The van der Waals surface area contributed by atoms with Crippen molar-refractivity contribution in [1.29, 1.82) is 0 Å². The van der Waals surface area contributed by atoms with Crippen LogP contribution in [0.3, 0.4) is 0 Å². The molecular formula is C18H25ClN2O3S. The van der Waals surface area contributed by atoms with Gasteiger partial charge in [-0.2, -0.15) is 4.31 Å². The molecule has 1 heterocycles. The van der Waals surface area contributed by atoms with Crippen LogP contribution >= 0.6 is 11.6 Å². The van der Waals surface area contributed by atoms with E-state index < -0.39 is 10.0 Å². The summed E-state index contributed by atoms with van der Waals surface area (Å²) < 4.78 is 27.4. The zero-order chi connectivity index (χ0) is 18.2. The lowest BCUT2D eigenvalue weighted by molar-refractivity contribution is 0.0935. The molecule has 1 aliphatic heterocycles. The first-order valence-electron chi connectivity index (χ1n) is 8.89. The fourth-order valence-electron chi connectivity index (χ4n) is 3.35. The van der Waals surface area contributed by atoms with Gasteiger partial charge in [0.1, 0.15) is 4.90 Å². The van der Waals surface area contributed by atoms with Crippen LogP contribution in [0.5, 0.6) is 0 Å². The third-order valence-electron chi connectivity index (χ3n) is 5.12. The maximum Gasteiger partial charge on any atom is 0.251 e. The number of piperidine rings is 1. The van der Waals surface area contributed by atoms with Crippen molar-refractivity contribution in [3.63, 3.8) is 0 Å². The number of halogens is 1. The van der Waals surface area contributed by atoms with Crippen LogP contribution in [0.4, 0.5) is 0 Å². The molecule has 5 nitrogen and oxygen atoms in total. The number of carbonyl (C=O) groups is 1. The standard InChI is InChI=1S/C18H25ClN2O3S/c1-12-4-3-9-21(11-12)25(23,24)17-10-15(7-8-16(17)19)18(22)20-13(2)14-5-6-14/h7-8,10,12-14H,3-6,9,11H2,1-2H3,(H,20,22). The summed E-state index contributed by atoms with van der Waals surface area (Å²) >= 11 is 6.17. The number of amides is 1. The Bertz CT molecular complexity index is 762. The minimum Gasteiger partial charge on any atom is -0.349 e. The number of nitrogens with one attached hydrogen (secondary N) is 1. The van der Waals surface area contributed by atoms with Crippen molar-refractivity contribution in [2.45, 2.75) is 50.5 Å². The number of rotatable bonds is 5. The largest absolute Gasteiger partial charge is 0.349 e. The van der Waals surface area contributed by atoms with Crippen LogP contribution in [0.2, 0.25) is 5.02 Å². The van der Waals surface area contributed by atoms with Crippen LogP contribution in [-0.4, -0.2) is 37.8 Å². The van der Waals surface area contributed by atoms with Crippen LogP contribution in [-0.2, 0) is 10.0 Å². The van der Waals surface area contributed by atoms with Gasteiger partial charge in [-0.25, -0.2) is 8.42 Å². The van der Waals surface area contributed by atoms with Crippen LogP contribution < -0.4 is 5.32 Å². The summed E-state index contributed by atoms with van der Waals surface area (Å²) in [5.41, 5.74) is 0.334. The van der Waals surface area contributed by atoms with Gasteiger partial charge in [-0.1, -0.05) is 18.5 Å². The molecule has 1 amide bonds. The predicted octanol–water partition coefficient (Wildman–Crippen LogP) is 3.29. The molecule has 0 bridgehead atoms. The first-order valence-corrected chi connectivity index (χ1v) is 10.7. The molecule has 2 atom stereocenters. The van der Waals surface area contributed by atoms with E-state index in [4.69, 9.17) is 11.6 Å². The van der Waals surface area contributed by atoms with Crippen molar-refractivity contribution in [3.8, 4) is 0 Å². The monoisotopic (exact) mass is 384 g/mol. The van der Waals surface area contributed by atoms with Gasteiger partial charge >= 0.3 is 0 Å². The fraction of sp³-hybridized carbons (Fsp3) is 0.611. The molecular weight excluding hydrogens is 360 g/mol. The average molecular weight is 385 g/mol. The van der Waals surface area contributed by atoms with E-state index in [2.05, 4.69) is 5.32 Å². The molecule has 1 aromatic carbocycles. The summed E-state index contributed by atoms with van der Waals surface area (Å²) in [5.74, 6) is 0.613. The number of nitrogens with zero attached hydrogens (tertiary/aromatic N) is 1. The highest BCUT2D eigenvalue weighted by Crippen LogP contribution is 2.33. The van der Waals surface area contributed by atoms with E-state index in [0.29, 0.717) is 30.5 Å². The van der Waals surface area contributed by atoms with Gasteiger partial charge in [0.15, 0.2) is 0 Å². The lowest BCUT2D eigenvalue weighted by Crippen LogP contribution is -2.39. The predicted molar refractivity (Wildman–Crippen MR) is 98.3 cm³/mol. The van der Waals surface area contributed by atoms with Crippen molar-refractivity contribution in [2.24, 2.45) is 11.8 Å². The van der Waals surface area contributed by atoms with E-state index in [-0.39, 0.29) is 21.9 Å². The maximum absolute atomic E-state index is 13.0. The van der Waals surface area contributed by atoms with Gasteiger partial charge in [0, 0.05) is 24.7 Å². The molecule has 3 rings (SSSR count). The zero-order valence-electron chi connectivity index (χ0n) is 14.7. The summed E-state index contributed by atoms with van der Waals surface area (Å²) in [4.78, 5) is 12.5. The number of sulfonamides is 1. The van der Waals surface area contributed by atoms with E-state index in [1.807, 2.05) is 13.8 Å². The normalized spacial score (nSPS) is 23.2. The Balaban J connectivity index is 1.84. The Morgan fingerprint density at radius 3 is 2.68 bits per heavy atom. The molecule has 0 radical (unpaired) electrons. The molecule has 1 saturated heterocycles. The molecule has 1 N–H and O–H groups in total. The van der Waals surface area contributed by atoms with Crippen molar-refractivity contribution < 1.29 is 13.2 Å². The zero-order valence-corrected chi connectivity index (χ0v) is 16.2. The highest BCUT2D eigenvalue weighted by atomic mass is 35.5. The molecule has 1 aromatic rings. The van der Waals surface area contributed by atoms with E-state index >= 15 is 0 Å². The Hall–Kier alpha value is -1.11. The fourth-order valence-corrected chi connectivity index (χ4v) is 5.45. The summed E-state index contributed by atoms with van der Waals surface area (Å²) in [6.07, 6.45) is 4.14. The van der Waals surface area contributed by atoms with Crippen LogP contribution in [0.25, 0.3) is 0 Å². The molecule has 2 fully saturated rings. The van der Waals surface area contributed by atoms with Crippen molar-refractivity contribution >= 4 is 27.5 Å². The minimum absolute atomic E-state index is 0.0231. The summed E-state index contributed by atoms with van der Waals surface area (Å²) in [6.45, 7) is 5.02. The SMILES string of the molecule is CC1CCCN(S(=O)(=O)c2cc(C(=O)NC(C)C3CC3)ccc2Cl)C1. The Kier molecular flexibility index (Phi) is 5.42. The second-order valence-electron chi connectivity index (χ2n) is 7.36. The molecule has 1 aliphatic carbocycles. The highest BCUT2D eigenvalue weighted by Gasteiger charge is 2.32. The third kappa shape index (κ3) is 4.18. The second-order valence-corrected chi connectivity index (χ2v) is 9.67.